The summed E-state index contributed by atoms with van der Waals surface area (Å²) in [6, 6.07) is 1.79. The summed E-state index contributed by atoms with van der Waals surface area (Å²) in [7, 11) is 0. The number of nitrogens with one attached hydrogen (secondary N) is 1. The number of hydrogen-bond donors (Lipinski definition) is 1. The second-order valence-electron chi connectivity index (χ2n) is 4.15. The van der Waals surface area contributed by atoms with E-state index in [-0.39, 0.29) is 0 Å². The molecule has 2 aliphatic rings. The van der Waals surface area contributed by atoms with Gasteiger partial charge in [-0.15, -0.1) is 0 Å². The highest BCUT2D eigenvalue weighted by Gasteiger charge is 2.31. The van der Waals surface area contributed by atoms with Crippen LogP contribution in [0.3, 0.4) is 0 Å². The van der Waals surface area contributed by atoms with E-state index < -0.39 is 0 Å². The van der Waals surface area contributed by atoms with Crippen LogP contribution < -0.4 is 5.32 Å². The Labute approximate surface area is 69.6 Å². The van der Waals surface area contributed by atoms with Gasteiger partial charge in [0.15, 0.2) is 0 Å². The molecule has 0 heterocycles. The Morgan fingerprint density at radius 3 is 2.64 bits per heavy atom. The van der Waals surface area contributed by atoms with Crippen LogP contribution >= 0.6 is 0 Å². The van der Waals surface area contributed by atoms with Gasteiger partial charge in [-0.1, -0.05) is 19.8 Å². The average Bonchev–Trinajstić information content (AvgIpc) is 2.68. The lowest BCUT2D eigenvalue weighted by Gasteiger charge is -2.18. The fourth-order valence-corrected chi connectivity index (χ4v) is 2.30. The van der Waals surface area contributed by atoms with E-state index in [2.05, 4.69) is 12.2 Å². The van der Waals surface area contributed by atoms with E-state index in [9.17, 15) is 0 Å². The molecule has 64 valence electrons. The van der Waals surface area contributed by atoms with Crippen LogP contribution in [0.4, 0.5) is 0 Å². The quantitative estimate of drug-likeness (QED) is 0.656. The smallest absolute Gasteiger partial charge is 0.00978 e. The average molecular weight is 153 g/mol. The molecule has 1 heteroatoms. The summed E-state index contributed by atoms with van der Waals surface area (Å²) in [6.45, 7) is 2.33. The van der Waals surface area contributed by atoms with Crippen LogP contribution in [0.25, 0.3) is 0 Å². The van der Waals surface area contributed by atoms with Crippen LogP contribution in [0.5, 0.6) is 0 Å². The zero-order valence-electron chi connectivity index (χ0n) is 7.47. The molecule has 0 bridgehead atoms. The third-order valence-corrected chi connectivity index (χ3v) is 3.21. The van der Waals surface area contributed by atoms with Crippen molar-refractivity contribution in [2.24, 2.45) is 5.92 Å². The molecule has 0 aliphatic heterocycles. The molecule has 2 unspecified atom stereocenters. The van der Waals surface area contributed by atoms with Crippen LogP contribution in [-0.2, 0) is 0 Å². The van der Waals surface area contributed by atoms with E-state index in [1.54, 1.807) is 0 Å². The first-order valence-electron chi connectivity index (χ1n) is 5.16. The third-order valence-electron chi connectivity index (χ3n) is 3.21. The Hall–Kier alpha value is -0.0400. The van der Waals surface area contributed by atoms with Gasteiger partial charge in [-0.2, -0.15) is 0 Å². The number of hydrogen-bond acceptors (Lipinski definition) is 1. The summed E-state index contributed by atoms with van der Waals surface area (Å²) in [6.07, 6.45) is 8.63. The second kappa shape index (κ2) is 3.14. The molecule has 2 atom stereocenters. The van der Waals surface area contributed by atoms with Gasteiger partial charge in [-0.3, -0.25) is 0 Å². The summed E-state index contributed by atoms with van der Waals surface area (Å²) in [4.78, 5) is 0. The Balaban J connectivity index is 1.79. The fraction of sp³-hybridized carbons (Fsp3) is 1.00. The third kappa shape index (κ3) is 1.76. The van der Waals surface area contributed by atoms with E-state index in [1.807, 2.05) is 0 Å². The molecule has 0 amide bonds. The first-order chi connectivity index (χ1) is 5.40. The first kappa shape index (κ1) is 7.60. The Kier molecular flexibility index (Phi) is 2.17. The van der Waals surface area contributed by atoms with Crippen LogP contribution in [-0.4, -0.2) is 12.1 Å². The van der Waals surface area contributed by atoms with Crippen molar-refractivity contribution in [3.8, 4) is 0 Å². The monoisotopic (exact) mass is 153 g/mol. The molecule has 2 fully saturated rings. The van der Waals surface area contributed by atoms with Crippen LogP contribution in [0.15, 0.2) is 0 Å². The minimum absolute atomic E-state index is 0.882. The molecule has 0 radical (unpaired) electrons. The van der Waals surface area contributed by atoms with Crippen molar-refractivity contribution >= 4 is 0 Å². The van der Waals surface area contributed by atoms with Gasteiger partial charge in [0.2, 0.25) is 0 Å². The van der Waals surface area contributed by atoms with Crippen molar-refractivity contribution in [1.82, 2.24) is 5.32 Å². The molecule has 2 aliphatic carbocycles. The fourth-order valence-electron chi connectivity index (χ4n) is 2.30. The molecule has 1 nitrogen and oxygen atoms in total. The summed E-state index contributed by atoms with van der Waals surface area (Å²) in [5.41, 5.74) is 0. The predicted molar refractivity (Wildman–Crippen MR) is 47.6 cm³/mol. The lowest BCUT2D eigenvalue weighted by molar-refractivity contribution is 0.388. The van der Waals surface area contributed by atoms with Crippen molar-refractivity contribution in [3.63, 3.8) is 0 Å². The van der Waals surface area contributed by atoms with Crippen LogP contribution in [0.1, 0.15) is 45.4 Å². The maximum Gasteiger partial charge on any atom is 0.00978 e. The Bertz CT molecular complexity index is 129. The van der Waals surface area contributed by atoms with E-state index in [0.29, 0.717) is 0 Å². The van der Waals surface area contributed by atoms with E-state index >= 15 is 0 Å². The SMILES string of the molecule is CCC1CCCC1NC1CC1. The van der Waals surface area contributed by atoms with E-state index in [0.717, 1.165) is 18.0 Å². The van der Waals surface area contributed by atoms with Crippen molar-refractivity contribution in [2.45, 2.75) is 57.5 Å². The molecule has 11 heavy (non-hydrogen) atoms. The summed E-state index contributed by atoms with van der Waals surface area (Å²) in [5.74, 6) is 0.996. The molecule has 0 aromatic carbocycles. The van der Waals surface area contributed by atoms with E-state index in [4.69, 9.17) is 0 Å². The largest absolute Gasteiger partial charge is 0.311 e. The van der Waals surface area contributed by atoms with Crippen LogP contribution in [0.2, 0.25) is 0 Å². The molecule has 2 rings (SSSR count). The van der Waals surface area contributed by atoms with Gasteiger partial charge in [0.05, 0.1) is 0 Å². The number of rotatable bonds is 3. The highest BCUT2D eigenvalue weighted by molar-refractivity contribution is 4.90. The Morgan fingerprint density at radius 2 is 2.00 bits per heavy atom. The zero-order chi connectivity index (χ0) is 7.68. The van der Waals surface area contributed by atoms with Gasteiger partial charge in [-0.05, 0) is 31.6 Å². The maximum atomic E-state index is 3.75. The normalized spacial score (nSPS) is 37.9. The summed E-state index contributed by atoms with van der Waals surface area (Å²) in [5, 5.41) is 3.75. The van der Waals surface area contributed by atoms with Crippen molar-refractivity contribution in [3.05, 3.63) is 0 Å². The molecular formula is C10H19N. The van der Waals surface area contributed by atoms with Gasteiger partial charge < -0.3 is 5.32 Å². The minimum Gasteiger partial charge on any atom is -0.311 e. The summed E-state index contributed by atoms with van der Waals surface area (Å²) >= 11 is 0. The molecule has 0 spiro atoms. The summed E-state index contributed by atoms with van der Waals surface area (Å²) < 4.78 is 0. The van der Waals surface area contributed by atoms with Gasteiger partial charge in [0.1, 0.15) is 0 Å². The van der Waals surface area contributed by atoms with Gasteiger partial charge in [0, 0.05) is 12.1 Å². The van der Waals surface area contributed by atoms with Gasteiger partial charge >= 0.3 is 0 Å². The lowest BCUT2D eigenvalue weighted by Crippen LogP contribution is -2.33. The topological polar surface area (TPSA) is 12.0 Å². The molecular weight excluding hydrogens is 134 g/mol. The lowest BCUT2D eigenvalue weighted by atomic mass is 10.0. The highest BCUT2D eigenvalue weighted by atomic mass is 15.0. The molecule has 0 aromatic heterocycles. The standard InChI is InChI=1S/C10H19N/c1-2-8-4-3-5-10(8)11-9-6-7-9/h8-11H,2-7H2,1H3. The van der Waals surface area contributed by atoms with Crippen molar-refractivity contribution in [1.29, 1.82) is 0 Å². The van der Waals surface area contributed by atoms with Gasteiger partial charge in [0.25, 0.3) is 0 Å². The van der Waals surface area contributed by atoms with Crippen molar-refractivity contribution < 1.29 is 0 Å². The minimum atomic E-state index is 0.882. The van der Waals surface area contributed by atoms with Gasteiger partial charge in [-0.25, -0.2) is 0 Å². The van der Waals surface area contributed by atoms with Crippen LogP contribution in [0, 0.1) is 5.92 Å². The maximum absolute atomic E-state index is 3.75. The van der Waals surface area contributed by atoms with Crippen molar-refractivity contribution in [2.75, 3.05) is 0 Å². The van der Waals surface area contributed by atoms with E-state index in [1.165, 1.54) is 38.5 Å². The Morgan fingerprint density at radius 1 is 1.18 bits per heavy atom. The first-order valence-corrected chi connectivity index (χ1v) is 5.16. The molecule has 1 N–H and O–H groups in total. The second-order valence-corrected chi connectivity index (χ2v) is 4.15. The molecule has 0 aromatic rings. The molecule has 2 saturated carbocycles. The molecule has 0 saturated heterocycles. The zero-order valence-corrected chi connectivity index (χ0v) is 7.47. The highest BCUT2D eigenvalue weighted by Crippen LogP contribution is 2.31. The predicted octanol–water partition coefficient (Wildman–Crippen LogP) is 2.32.